The number of hydrogen-bond donors (Lipinski definition) is 1. The van der Waals surface area contributed by atoms with Gasteiger partial charge in [-0.1, -0.05) is 39.8 Å². The van der Waals surface area contributed by atoms with E-state index in [9.17, 15) is 14.7 Å². The summed E-state index contributed by atoms with van der Waals surface area (Å²) in [5.74, 6) is -2.28. The average molecular weight is 266 g/mol. The largest absolute Gasteiger partial charge is 0.481 e. The average Bonchev–Trinajstić information content (AvgIpc) is 2.72. The Morgan fingerprint density at radius 1 is 1.21 bits per heavy atom. The Morgan fingerprint density at radius 3 is 2.21 bits per heavy atom. The van der Waals surface area contributed by atoms with E-state index in [1.165, 1.54) is 0 Å². The summed E-state index contributed by atoms with van der Waals surface area (Å²) < 4.78 is 5.28. The van der Waals surface area contributed by atoms with Gasteiger partial charge in [0.1, 0.15) is 0 Å². The summed E-state index contributed by atoms with van der Waals surface area (Å²) in [5, 5.41) is 9.42. The highest BCUT2D eigenvalue weighted by Gasteiger charge is 2.61. The lowest BCUT2D eigenvalue weighted by Crippen LogP contribution is -2.34. The molecule has 4 unspecified atom stereocenters. The Labute approximate surface area is 113 Å². The van der Waals surface area contributed by atoms with Gasteiger partial charge in [-0.05, 0) is 23.2 Å². The van der Waals surface area contributed by atoms with Gasteiger partial charge < -0.3 is 9.84 Å². The normalized spacial score (nSPS) is 34.8. The Morgan fingerprint density at radius 2 is 1.74 bits per heavy atom. The van der Waals surface area contributed by atoms with Gasteiger partial charge >= 0.3 is 11.9 Å². The second-order valence-corrected chi connectivity index (χ2v) is 6.67. The van der Waals surface area contributed by atoms with Crippen molar-refractivity contribution in [1.29, 1.82) is 0 Å². The summed E-state index contributed by atoms with van der Waals surface area (Å²) >= 11 is 0. The van der Waals surface area contributed by atoms with Gasteiger partial charge in [-0.3, -0.25) is 9.59 Å². The number of rotatable bonds is 4. The van der Waals surface area contributed by atoms with Crippen molar-refractivity contribution in [1.82, 2.24) is 0 Å². The standard InChI is InChI=1S/C15H22O4/c1-8(2)7-19-14(18)12-10-6-5-9(15(10,3)4)11(12)13(16)17/h5-6,8-12H,7H2,1-4H3,(H,16,17). The second-order valence-electron chi connectivity index (χ2n) is 6.67. The van der Waals surface area contributed by atoms with Crippen molar-refractivity contribution in [3.8, 4) is 0 Å². The van der Waals surface area contributed by atoms with Crippen LogP contribution in [-0.4, -0.2) is 23.7 Å². The maximum atomic E-state index is 12.2. The van der Waals surface area contributed by atoms with Crippen LogP contribution in [0.15, 0.2) is 12.2 Å². The van der Waals surface area contributed by atoms with Gasteiger partial charge in [-0.2, -0.15) is 0 Å². The highest BCUT2D eigenvalue weighted by molar-refractivity contribution is 5.84. The second kappa shape index (κ2) is 4.66. The summed E-state index contributed by atoms with van der Waals surface area (Å²) in [6, 6.07) is 0. The fourth-order valence-corrected chi connectivity index (χ4v) is 3.51. The number of carboxylic acid groups (broad SMARTS) is 1. The molecule has 0 radical (unpaired) electrons. The lowest BCUT2D eigenvalue weighted by molar-refractivity contribution is -0.159. The molecule has 2 aliphatic rings. The lowest BCUT2D eigenvalue weighted by Gasteiger charge is -2.25. The maximum Gasteiger partial charge on any atom is 0.310 e. The van der Waals surface area contributed by atoms with Gasteiger partial charge in [-0.15, -0.1) is 0 Å². The first-order valence-corrected chi connectivity index (χ1v) is 6.84. The van der Waals surface area contributed by atoms with Gasteiger partial charge in [0.2, 0.25) is 0 Å². The van der Waals surface area contributed by atoms with E-state index < -0.39 is 17.8 Å². The predicted molar refractivity (Wildman–Crippen MR) is 70.3 cm³/mol. The minimum absolute atomic E-state index is 0.0294. The molecule has 19 heavy (non-hydrogen) atoms. The molecule has 4 nitrogen and oxygen atoms in total. The Bertz CT molecular complexity index is 422. The van der Waals surface area contributed by atoms with E-state index in [2.05, 4.69) is 0 Å². The molecule has 2 bridgehead atoms. The summed E-state index contributed by atoms with van der Waals surface area (Å²) in [5.41, 5.74) is -0.176. The molecule has 4 atom stereocenters. The van der Waals surface area contributed by atoms with Gasteiger partial charge in [0.05, 0.1) is 18.4 Å². The molecule has 0 aromatic carbocycles. The van der Waals surface area contributed by atoms with E-state index in [4.69, 9.17) is 4.74 Å². The number of aliphatic carboxylic acids is 1. The van der Waals surface area contributed by atoms with E-state index >= 15 is 0 Å². The quantitative estimate of drug-likeness (QED) is 0.626. The molecule has 106 valence electrons. The molecular formula is C15H22O4. The molecule has 4 heteroatoms. The fraction of sp³-hybridized carbons (Fsp3) is 0.733. The van der Waals surface area contributed by atoms with Crippen LogP contribution >= 0.6 is 0 Å². The zero-order chi connectivity index (χ0) is 14.4. The summed E-state index contributed by atoms with van der Waals surface area (Å²) in [6.07, 6.45) is 3.95. The van der Waals surface area contributed by atoms with Crippen molar-refractivity contribution in [2.75, 3.05) is 6.61 Å². The van der Waals surface area contributed by atoms with Crippen LogP contribution in [0.25, 0.3) is 0 Å². The number of carbonyl (C=O) groups is 2. The molecule has 0 aliphatic heterocycles. The van der Waals surface area contributed by atoms with Crippen LogP contribution in [0.4, 0.5) is 0 Å². The van der Waals surface area contributed by atoms with Crippen molar-refractivity contribution in [2.45, 2.75) is 27.7 Å². The third kappa shape index (κ3) is 2.17. The number of ether oxygens (including phenoxy) is 1. The van der Waals surface area contributed by atoms with Gasteiger partial charge in [0.15, 0.2) is 0 Å². The topological polar surface area (TPSA) is 63.6 Å². The van der Waals surface area contributed by atoms with Crippen LogP contribution in [-0.2, 0) is 14.3 Å². The first-order chi connectivity index (χ1) is 8.76. The lowest BCUT2D eigenvalue weighted by atomic mass is 9.79. The predicted octanol–water partition coefficient (Wildman–Crippen LogP) is 2.34. The third-order valence-corrected chi connectivity index (χ3v) is 4.52. The summed E-state index contributed by atoms with van der Waals surface area (Å²) in [6.45, 7) is 8.35. The molecule has 2 aliphatic carbocycles. The highest BCUT2D eigenvalue weighted by Crippen LogP contribution is 2.59. The zero-order valence-electron chi connectivity index (χ0n) is 11.9. The summed E-state index contributed by atoms with van der Waals surface area (Å²) in [7, 11) is 0. The van der Waals surface area contributed by atoms with Crippen molar-refractivity contribution in [2.24, 2.45) is 35.0 Å². The number of carboxylic acids is 1. The number of allylic oxidation sites excluding steroid dienone is 2. The third-order valence-electron chi connectivity index (χ3n) is 4.52. The van der Waals surface area contributed by atoms with Crippen molar-refractivity contribution in [3.05, 3.63) is 12.2 Å². The van der Waals surface area contributed by atoms with E-state index in [-0.39, 0.29) is 29.1 Å². The molecule has 0 heterocycles. The van der Waals surface area contributed by atoms with E-state index in [1.807, 2.05) is 39.8 Å². The maximum absolute atomic E-state index is 12.2. The molecular weight excluding hydrogens is 244 g/mol. The van der Waals surface area contributed by atoms with Crippen LogP contribution in [0.2, 0.25) is 0 Å². The molecule has 1 N–H and O–H groups in total. The van der Waals surface area contributed by atoms with Crippen molar-refractivity contribution < 1.29 is 19.4 Å². The minimum atomic E-state index is -0.892. The SMILES string of the molecule is CC(C)COC(=O)C1C(C(=O)O)C2C=CC1C2(C)C. The van der Waals surface area contributed by atoms with E-state index in [0.29, 0.717) is 6.61 Å². The van der Waals surface area contributed by atoms with Crippen molar-refractivity contribution >= 4 is 11.9 Å². The van der Waals surface area contributed by atoms with Gasteiger partial charge in [-0.25, -0.2) is 0 Å². The molecule has 1 fully saturated rings. The minimum Gasteiger partial charge on any atom is -0.481 e. The fourth-order valence-electron chi connectivity index (χ4n) is 3.51. The van der Waals surface area contributed by atoms with Crippen molar-refractivity contribution in [3.63, 3.8) is 0 Å². The molecule has 0 aromatic rings. The monoisotopic (exact) mass is 266 g/mol. The molecule has 0 spiro atoms. The first-order valence-electron chi connectivity index (χ1n) is 6.84. The van der Waals surface area contributed by atoms with Gasteiger partial charge in [0.25, 0.3) is 0 Å². The number of fused-ring (bicyclic) bond motifs is 2. The zero-order valence-corrected chi connectivity index (χ0v) is 11.9. The van der Waals surface area contributed by atoms with Gasteiger partial charge in [0, 0.05) is 0 Å². The van der Waals surface area contributed by atoms with Crippen LogP contribution < -0.4 is 0 Å². The van der Waals surface area contributed by atoms with E-state index in [0.717, 1.165) is 0 Å². The van der Waals surface area contributed by atoms with Crippen LogP contribution in [0.3, 0.4) is 0 Å². The molecule has 2 rings (SSSR count). The Hall–Kier alpha value is -1.32. The van der Waals surface area contributed by atoms with E-state index in [1.54, 1.807) is 0 Å². The number of esters is 1. The first kappa shape index (κ1) is 14.1. The number of hydrogen-bond acceptors (Lipinski definition) is 3. The molecule has 1 saturated carbocycles. The molecule has 0 saturated heterocycles. The van der Waals surface area contributed by atoms with Crippen LogP contribution in [0.5, 0.6) is 0 Å². The highest BCUT2D eigenvalue weighted by atomic mass is 16.5. The number of carbonyl (C=O) groups excluding carboxylic acids is 1. The van der Waals surface area contributed by atoms with Crippen LogP contribution in [0.1, 0.15) is 27.7 Å². The Balaban J connectivity index is 2.21. The molecule has 0 amide bonds. The summed E-state index contributed by atoms with van der Waals surface area (Å²) in [4.78, 5) is 23.7. The van der Waals surface area contributed by atoms with Crippen LogP contribution in [0, 0.1) is 35.0 Å². The molecule has 0 aromatic heterocycles. The Kier molecular flexibility index (Phi) is 3.45. The smallest absolute Gasteiger partial charge is 0.310 e.